The molecule has 0 saturated heterocycles. The Hall–Kier alpha value is -3.09. The molecular weight excluding hydrogens is 290 g/mol. The topological polar surface area (TPSA) is 92.3 Å². The number of hydrogen-bond acceptors (Lipinski definition) is 6. The molecule has 0 fully saturated rings. The van der Waals surface area contributed by atoms with Gasteiger partial charge in [0.05, 0.1) is 11.7 Å². The Morgan fingerprint density at radius 1 is 1.13 bits per heavy atom. The lowest BCUT2D eigenvalue weighted by molar-refractivity contribution is 0.970. The molecule has 0 spiro atoms. The molecule has 0 aliphatic carbocycles. The van der Waals surface area contributed by atoms with Crippen molar-refractivity contribution in [2.45, 2.75) is 13.3 Å². The summed E-state index contributed by atoms with van der Waals surface area (Å²) in [6.07, 6.45) is 9.67. The van der Waals surface area contributed by atoms with Gasteiger partial charge >= 0.3 is 0 Å². The SMILES string of the molecule is CCCNc1nc(-c2c[nH]c3ncncc23)nc2cnccc12. The largest absolute Gasteiger partial charge is 0.369 e. The zero-order valence-electron chi connectivity index (χ0n) is 12.6. The van der Waals surface area contributed by atoms with Gasteiger partial charge in [0, 0.05) is 41.5 Å². The second-order valence-corrected chi connectivity index (χ2v) is 5.20. The number of nitrogens with zero attached hydrogens (tertiary/aromatic N) is 5. The molecule has 0 amide bonds. The highest BCUT2D eigenvalue weighted by molar-refractivity contribution is 5.94. The third-order valence-electron chi connectivity index (χ3n) is 3.64. The lowest BCUT2D eigenvalue weighted by Gasteiger charge is -2.09. The van der Waals surface area contributed by atoms with Crippen molar-refractivity contribution >= 4 is 27.8 Å². The van der Waals surface area contributed by atoms with Gasteiger partial charge in [-0.15, -0.1) is 0 Å². The number of rotatable bonds is 4. The third-order valence-corrected chi connectivity index (χ3v) is 3.64. The normalized spacial score (nSPS) is 11.2. The molecule has 4 rings (SSSR count). The average molecular weight is 305 g/mol. The number of hydrogen-bond donors (Lipinski definition) is 2. The van der Waals surface area contributed by atoms with E-state index in [1.54, 1.807) is 18.6 Å². The van der Waals surface area contributed by atoms with Gasteiger partial charge in [0.2, 0.25) is 0 Å². The first-order valence-electron chi connectivity index (χ1n) is 7.50. The van der Waals surface area contributed by atoms with E-state index in [0.29, 0.717) is 5.82 Å². The van der Waals surface area contributed by atoms with Gasteiger partial charge in [-0.3, -0.25) is 4.98 Å². The summed E-state index contributed by atoms with van der Waals surface area (Å²) in [5.74, 6) is 1.45. The van der Waals surface area contributed by atoms with E-state index < -0.39 is 0 Å². The van der Waals surface area contributed by atoms with E-state index in [1.165, 1.54) is 6.33 Å². The highest BCUT2D eigenvalue weighted by Crippen LogP contribution is 2.28. The predicted octanol–water partition coefficient (Wildman–Crippen LogP) is 2.79. The third kappa shape index (κ3) is 2.36. The molecule has 114 valence electrons. The molecule has 0 radical (unpaired) electrons. The predicted molar refractivity (Wildman–Crippen MR) is 89.0 cm³/mol. The van der Waals surface area contributed by atoms with Gasteiger partial charge in [-0.05, 0) is 12.5 Å². The van der Waals surface area contributed by atoms with Crippen molar-refractivity contribution in [1.82, 2.24) is 29.9 Å². The molecule has 23 heavy (non-hydrogen) atoms. The van der Waals surface area contributed by atoms with Crippen molar-refractivity contribution in [3.63, 3.8) is 0 Å². The molecule has 7 nitrogen and oxygen atoms in total. The van der Waals surface area contributed by atoms with E-state index >= 15 is 0 Å². The van der Waals surface area contributed by atoms with E-state index in [2.05, 4.69) is 37.2 Å². The highest BCUT2D eigenvalue weighted by Gasteiger charge is 2.13. The molecule has 7 heteroatoms. The Labute approximate surface area is 132 Å². The van der Waals surface area contributed by atoms with Crippen LogP contribution in [0, 0.1) is 0 Å². The summed E-state index contributed by atoms with van der Waals surface area (Å²) in [5, 5.41) is 5.23. The van der Waals surface area contributed by atoms with Gasteiger partial charge in [-0.2, -0.15) is 0 Å². The average Bonchev–Trinajstić information content (AvgIpc) is 3.03. The summed E-state index contributed by atoms with van der Waals surface area (Å²) in [7, 11) is 0. The zero-order valence-corrected chi connectivity index (χ0v) is 12.6. The van der Waals surface area contributed by atoms with Gasteiger partial charge in [0.25, 0.3) is 0 Å². The number of nitrogens with one attached hydrogen (secondary N) is 2. The minimum atomic E-state index is 0.630. The zero-order chi connectivity index (χ0) is 15.6. The number of aromatic amines is 1. The maximum atomic E-state index is 4.71. The fourth-order valence-corrected chi connectivity index (χ4v) is 2.52. The van der Waals surface area contributed by atoms with Gasteiger partial charge in [-0.25, -0.2) is 19.9 Å². The van der Waals surface area contributed by atoms with Crippen molar-refractivity contribution in [3.8, 4) is 11.4 Å². The van der Waals surface area contributed by atoms with Crippen LogP contribution in [0.3, 0.4) is 0 Å². The van der Waals surface area contributed by atoms with Gasteiger partial charge in [0.1, 0.15) is 17.8 Å². The number of fused-ring (bicyclic) bond motifs is 2. The summed E-state index contributed by atoms with van der Waals surface area (Å²) in [6, 6.07) is 1.93. The Bertz CT molecular complexity index is 976. The van der Waals surface area contributed by atoms with E-state index in [9.17, 15) is 0 Å². The molecule has 2 N–H and O–H groups in total. The van der Waals surface area contributed by atoms with Gasteiger partial charge in [0.15, 0.2) is 5.82 Å². The first-order chi connectivity index (χ1) is 11.4. The van der Waals surface area contributed by atoms with Crippen LogP contribution in [0.2, 0.25) is 0 Å². The van der Waals surface area contributed by atoms with Crippen LogP contribution < -0.4 is 5.32 Å². The minimum absolute atomic E-state index is 0.630. The smallest absolute Gasteiger partial charge is 0.164 e. The fraction of sp³-hybridized carbons (Fsp3) is 0.188. The lowest BCUT2D eigenvalue weighted by Crippen LogP contribution is -2.04. The van der Waals surface area contributed by atoms with Crippen molar-refractivity contribution in [3.05, 3.63) is 37.2 Å². The first kappa shape index (κ1) is 13.6. The second-order valence-electron chi connectivity index (χ2n) is 5.20. The summed E-state index contributed by atoms with van der Waals surface area (Å²) in [5.41, 5.74) is 2.46. The molecule has 0 aliphatic heterocycles. The van der Waals surface area contributed by atoms with Crippen LogP contribution in [-0.2, 0) is 0 Å². The summed E-state index contributed by atoms with van der Waals surface area (Å²) >= 11 is 0. The van der Waals surface area contributed by atoms with Crippen molar-refractivity contribution in [2.75, 3.05) is 11.9 Å². The number of H-pyrrole nitrogens is 1. The molecule has 0 unspecified atom stereocenters. The van der Waals surface area contributed by atoms with Gasteiger partial charge in [-0.1, -0.05) is 6.92 Å². The fourth-order valence-electron chi connectivity index (χ4n) is 2.52. The first-order valence-corrected chi connectivity index (χ1v) is 7.50. The van der Waals surface area contributed by atoms with E-state index in [-0.39, 0.29) is 0 Å². The Balaban J connectivity index is 1.93. The van der Waals surface area contributed by atoms with Crippen LogP contribution in [0.25, 0.3) is 33.3 Å². The highest BCUT2D eigenvalue weighted by atomic mass is 15.0. The van der Waals surface area contributed by atoms with Crippen LogP contribution in [0.15, 0.2) is 37.2 Å². The molecule has 0 aromatic carbocycles. The molecule has 4 aromatic rings. The molecule has 0 atom stereocenters. The monoisotopic (exact) mass is 305 g/mol. The van der Waals surface area contributed by atoms with Crippen molar-refractivity contribution < 1.29 is 0 Å². The molecule has 0 bridgehead atoms. The lowest BCUT2D eigenvalue weighted by atomic mass is 10.2. The number of aromatic nitrogens is 6. The second kappa shape index (κ2) is 5.60. The van der Waals surface area contributed by atoms with Crippen LogP contribution in [0.1, 0.15) is 13.3 Å². The van der Waals surface area contributed by atoms with Crippen LogP contribution >= 0.6 is 0 Å². The Morgan fingerprint density at radius 2 is 2.09 bits per heavy atom. The van der Waals surface area contributed by atoms with Crippen molar-refractivity contribution in [2.24, 2.45) is 0 Å². The molecule has 0 aliphatic rings. The molecular formula is C16H15N7. The maximum absolute atomic E-state index is 4.71. The molecule has 4 heterocycles. The van der Waals surface area contributed by atoms with Crippen molar-refractivity contribution in [1.29, 1.82) is 0 Å². The Morgan fingerprint density at radius 3 is 3.00 bits per heavy atom. The van der Waals surface area contributed by atoms with Crippen LogP contribution in [0.5, 0.6) is 0 Å². The number of pyridine rings is 1. The summed E-state index contributed by atoms with van der Waals surface area (Å²) in [4.78, 5) is 25.0. The van der Waals surface area contributed by atoms with Crippen LogP contribution in [-0.4, -0.2) is 36.4 Å². The van der Waals surface area contributed by atoms with Crippen LogP contribution in [0.4, 0.5) is 5.82 Å². The Kier molecular flexibility index (Phi) is 3.30. The molecule has 4 aromatic heterocycles. The standard InChI is InChI=1S/C16H15N7/c1-2-4-19-15-10-3-5-17-8-13(10)22-16(23-15)12-7-20-14-11(12)6-18-9-21-14/h3,5-9H,2,4H2,1H3,(H,18,20,21)(H,19,22,23). The summed E-state index contributed by atoms with van der Waals surface area (Å²) < 4.78 is 0. The quantitative estimate of drug-likeness (QED) is 0.602. The molecule has 0 saturated carbocycles. The van der Waals surface area contributed by atoms with E-state index in [4.69, 9.17) is 4.98 Å². The minimum Gasteiger partial charge on any atom is -0.369 e. The van der Waals surface area contributed by atoms with E-state index in [0.717, 1.165) is 46.3 Å². The summed E-state index contributed by atoms with van der Waals surface area (Å²) in [6.45, 7) is 2.97. The van der Waals surface area contributed by atoms with Gasteiger partial charge < -0.3 is 10.3 Å². The maximum Gasteiger partial charge on any atom is 0.164 e. The van der Waals surface area contributed by atoms with E-state index in [1.807, 2.05) is 12.3 Å². The number of anilines is 1.